The van der Waals surface area contributed by atoms with E-state index in [9.17, 15) is 9.59 Å². The fourth-order valence-electron chi connectivity index (χ4n) is 4.20. The molecule has 3 heterocycles. The Kier molecular flexibility index (Phi) is 5.30. The van der Waals surface area contributed by atoms with E-state index < -0.39 is 0 Å². The van der Waals surface area contributed by atoms with Gasteiger partial charge in [-0.3, -0.25) is 4.79 Å². The van der Waals surface area contributed by atoms with Crippen molar-refractivity contribution in [1.29, 1.82) is 0 Å². The highest BCUT2D eigenvalue weighted by Crippen LogP contribution is 2.32. The van der Waals surface area contributed by atoms with Gasteiger partial charge in [0.25, 0.3) is 5.91 Å². The summed E-state index contributed by atoms with van der Waals surface area (Å²) in [7, 11) is 1.36. The van der Waals surface area contributed by atoms with Crippen LogP contribution in [-0.2, 0) is 17.8 Å². The maximum atomic E-state index is 13.4. The highest BCUT2D eigenvalue weighted by Gasteiger charge is 2.28. The van der Waals surface area contributed by atoms with Gasteiger partial charge in [0.05, 0.1) is 23.9 Å². The maximum Gasteiger partial charge on any atom is 0.337 e. The number of methoxy groups -OCH3 is 1. The summed E-state index contributed by atoms with van der Waals surface area (Å²) in [6.45, 7) is 2.81. The quantitative estimate of drug-likeness (QED) is 0.434. The van der Waals surface area contributed by atoms with Crippen LogP contribution in [0, 0.1) is 6.92 Å². The molecule has 5 rings (SSSR count). The van der Waals surface area contributed by atoms with Crippen molar-refractivity contribution < 1.29 is 19.1 Å². The summed E-state index contributed by atoms with van der Waals surface area (Å²) in [6, 6.07) is 16.5. The number of anilines is 1. The average Bonchev–Trinajstić information content (AvgIpc) is 3.46. The molecule has 7 heteroatoms. The van der Waals surface area contributed by atoms with Gasteiger partial charge in [-0.15, -0.1) is 0 Å². The van der Waals surface area contributed by atoms with Gasteiger partial charge in [-0.2, -0.15) is 0 Å². The SMILES string of the molecule is COC(=O)c1ccc2c(c1)CCN2C(=O)c1ccccc1OCc1cn2cccc(C)c2n1. The molecule has 2 aromatic heterocycles. The van der Waals surface area contributed by atoms with Crippen molar-refractivity contribution in [2.24, 2.45) is 0 Å². The molecule has 0 spiro atoms. The van der Waals surface area contributed by atoms with Gasteiger partial charge in [0, 0.05) is 24.6 Å². The van der Waals surface area contributed by atoms with Crippen molar-refractivity contribution >= 4 is 23.2 Å². The lowest BCUT2D eigenvalue weighted by atomic mass is 10.1. The van der Waals surface area contributed by atoms with Gasteiger partial charge >= 0.3 is 5.97 Å². The number of benzene rings is 2. The zero-order valence-electron chi connectivity index (χ0n) is 18.4. The highest BCUT2D eigenvalue weighted by atomic mass is 16.5. The molecule has 0 fully saturated rings. The molecule has 0 saturated heterocycles. The van der Waals surface area contributed by atoms with Gasteiger partial charge in [0.2, 0.25) is 0 Å². The lowest BCUT2D eigenvalue weighted by molar-refractivity contribution is 0.0600. The number of para-hydroxylation sites is 1. The number of nitrogens with zero attached hydrogens (tertiary/aromatic N) is 3. The van der Waals surface area contributed by atoms with Crippen LogP contribution in [0.25, 0.3) is 5.65 Å². The first-order valence-corrected chi connectivity index (χ1v) is 10.7. The van der Waals surface area contributed by atoms with Crippen molar-refractivity contribution in [1.82, 2.24) is 9.38 Å². The number of rotatable bonds is 5. The first-order chi connectivity index (χ1) is 16.0. The number of hydrogen-bond acceptors (Lipinski definition) is 5. The Balaban J connectivity index is 1.37. The normalized spacial score (nSPS) is 12.6. The molecule has 0 aliphatic carbocycles. The molecule has 1 aliphatic heterocycles. The lowest BCUT2D eigenvalue weighted by Crippen LogP contribution is -2.29. The number of pyridine rings is 1. The van der Waals surface area contributed by atoms with Crippen molar-refractivity contribution in [2.45, 2.75) is 20.0 Å². The molecule has 166 valence electrons. The number of hydrogen-bond donors (Lipinski definition) is 0. The van der Waals surface area contributed by atoms with Gasteiger partial charge in [0.15, 0.2) is 0 Å². The minimum atomic E-state index is -0.386. The largest absolute Gasteiger partial charge is 0.486 e. The predicted molar refractivity (Wildman–Crippen MR) is 124 cm³/mol. The number of amides is 1. The van der Waals surface area contributed by atoms with Crippen LogP contribution in [0.5, 0.6) is 5.75 Å². The Morgan fingerprint density at radius 3 is 2.76 bits per heavy atom. The summed E-state index contributed by atoms with van der Waals surface area (Å²) >= 11 is 0. The molecule has 1 aliphatic rings. The number of esters is 1. The molecule has 0 N–H and O–H groups in total. The van der Waals surface area contributed by atoms with Crippen LogP contribution in [0.3, 0.4) is 0 Å². The van der Waals surface area contributed by atoms with Crippen molar-refractivity contribution in [2.75, 3.05) is 18.6 Å². The standard InChI is InChI=1S/C26H23N3O4/c1-17-6-5-12-28-15-20(27-24(17)28)16-33-23-8-4-3-7-21(23)25(30)29-13-11-18-14-19(26(31)32-2)9-10-22(18)29/h3-10,12,14-15H,11,13,16H2,1-2H3. The second-order valence-corrected chi connectivity index (χ2v) is 7.98. The van der Waals surface area contributed by atoms with Crippen molar-refractivity contribution in [3.63, 3.8) is 0 Å². The van der Waals surface area contributed by atoms with E-state index in [0.29, 0.717) is 29.8 Å². The maximum absolute atomic E-state index is 13.4. The zero-order valence-corrected chi connectivity index (χ0v) is 18.4. The number of aryl methyl sites for hydroxylation is 1. The fourth-order valence-corrected chi connectivity index (χ4v) is 4.20. The van der Waals surface area contributed by atoms with Gasteiger partial charge in [-0.1, -0.05) is 18.2 Å². The molecule has 33 heavy (non-hydrogen) atoms. The van der Waals surface area contributed by atoms with E-state index in [-0.39, 0.29) is 18.5 Å². The van der Waals surface area contributed by atoms with Gasteiger partial charge < -0.3 is 18.8 Å². The molecule has 0 unspecified atom stereocenters. The number of fused-ring (bicyclic) bond motifs is 2. The van der Waals surface area contributed by atoms with Crippen molar-refractivity contribution in [3.8, 4) is 5.75 Å². The molecule has 0 atom stereocenters. The predicted octanol–water partition coefficient (Wildman–Crippen LogP) is 4.21. The smallest absolute Gasteiger partial charge is 0.337 e. The number of carbonyl (C=O) groups excluding carboxylic acids is 2. The van der Waals surface area contributed by atoms with Crippen LogP contribution in [0.1, 0.15) is 37.5 Å². The monoisotopic (exact) mass is 441 g/mol. The van der Waals surface area contributed by atoms with E-state index >= 15 is 0 Å². The minimum Gasteiger partial charge on any atom is -0.486 e. The second kappa shape index (κ2) is 8.43. The third-order valence-electron chi connectivity index (χ3n) is 5.86. The van der Waals surface area contributed by atoms with Crippen LogP contribution in [0.15, 0.2) is 67.0 Å². The molecular formula is C26H23N3O4. The Bertz CT molecular complexity index is 1380. The summed E-state index contributed by atoms with van der Waals surface area (Å²) < 4.78 is 12.8. The molecule has 0 radical (unpaired) electrons. The Hall–Kier alpha value is -4.13. The van der Waals surface area contributed by atoms with E-state index in [1.807, 2.05) is 48.0 Å². The van der Waals surface area contributed by atoms with E-state index in [1.165, 1.54) is 7.11 Å². The van der Waals surface area contributed by atoms with Gasteiger partial charge in [-0.25, -0.2) is 9.78 Å². The van der Waals surface area contributed by atoms with Crippen molar-refractivity contribution in [3.05, 3.63) is 94.9 Å². The number of aromatic nitrogens is 2. The molecule has 0 saturated carbocycles. The van der Waals surface area contributed by atoms with E-state index in [2.05, 4.69) is 4.98 Å². The molecular weight excluding hydrogens is 418 g/mol. The number of imidazole rings is 1. The summed E-state index contributed by atoms with van der Waals surface area (Å²) in [5.41, 5.74) is 5.48. The van der Waals surface area contributed by atoms with Crippen LogP contribution < -0.4 is 9.64 Å². The van der Waals surface area contributed by atoms with Crippen LogP contribution in [0.4, 0.5) is 5.69 Å². The molecule has 1 amide bonds. The van der Waals surface area contributed by atoms with E-state index in [0.717, 1.165) is 28.2 Å². The van der Waals surface area contributed by atoms with Gasteiger partial charge in [-0.05, 0) is 60.9 Å². The summed E-state index contributed by atoms with van der Waals surface area (Å²) in [6.07, 6.45) is 4.56. The third-order valence-corrected chi connectivity index (χ3v) is 5.86. The minimum absolute atomic E-state index is 0.138. The zero-order chi connectivity index (χ0) is 22.9. The second-order valence-electron chi connectivity index (χ2n) is 7.98. The van der Waals surface area contributed by atoms with E-state index in [4.69, 9.17) is 9.47 Å². The average molecular weight is 441 g/mol. The number of ether oxygens (including phenoxy) is 2. The van der Waals surface area contributed by atoms with Crippen LogP contribution in [-0.4, -0.2) is 34.9 Å². The summed E-state index contributed by atoms with van der Waals surface area (Å²) in [5.74, 6) is -0.0135. The molecule has 7 nitrogen and oxygen atoms in total. The summed E-state index contributed by atoms with van der Waals surface area (Å²) in [4.78, 5) is 31.6. The Morgan fingerprint density at radius 2 is 1.94 bits per heavy atom. The van der Waals surface area contributed by atoms with E-state index in [1.54, 1.807) is 35.2 Å². The first-order valence-electron chi connectivity index (χ1n) is 10.7. The molecule has 2 aromatic carbocycles. The molecule has 4 aromatic rings. The Labute approximate surface area is 191 Å². The number of carbonyl (C=O) groups is 2. The fraction of sp³-hybridized carbons (Fsp3) is 0.192. The topological polar surface area (TPSA) is 73.1 Å². The first kappa shape index (κ1) is 20.8. The van der Waals surface area contributed by atoms with Crippen LogP contribution >= 0.6 is 0 Å². The summed E-state index contributed by atoms with van der Waals surface area (Å²) in [5, 5.41) is 0. The third kappa shape index (κ3) is 3.82. The Morgan fingerprint density at radius 1 is 1.09 bits per heavy atom. The van der Waals surface area contributed by atoms with Crippen LogP contribution in [0.2, 0.25) is 0 Å². The highest BCUT2D eigenvalue weighted by molar-refractivity contribution is 6.09. The lowest BCUT2D eigenvalue weighted by Gasteiger charge is -2.19. The van der Waals surface area contributed by atoms with Gasteiger partial charge in [0.1, 0.15) is 18.0 Å². The molecule has 0 bridgehead atoms.